The van der Waals surface area contributed by atoms with E-state index in [0.717, 1.165) is 39.1 Å². The molecule has 0 unspecified atom stereocenters. The molecular formula is C22H18N2O3. The quantitative estimate of drug-likeness (QED) is 0.421. The van der Waals surface area contributed by atoms with E-state index in [0.29, 0.717) is 13.2 Å². The summed E-state index contributed by atoms with van der Waals surface area (Å²) in [5.41, 5.74) is 11.6. The first-order chi connectivity index (χ1) is 13.2. The average molecular weight is 358 g/mol. The molecule has 5 nitrogen and oxygen atoms in total. The molecule has 0 spiro atoms. The Morgan fingerprint density at radius 3 is 2.33 bits per heavy atom. The van der Waals surface area contributed by atoms with Crippen molar-refractivity contribution < 1.29 is 9.66 Å². The molecule has 1 aliphatic carbocycles. The van der Waals surface area contributed by atoms with Crippen molar-refractivity contribution in [1.82, 2.24) is 0 Å². The summed E-state index contributed by atoms with van der Waals surface area (Å²) in [7, 11) is 0. The maximum absolute atomic E-state index is 11.2. The molecule has 4 rings (SSSR count). The molecule has 0 atom stereocenters. The number of nitro groups is 1. The highest BCUT2D eigenvalue weighted by atomic mass is 16.6. The molecule has 0 radical (unpaired) electrons. The first-order valence-corrected chi connectivity index (χ1v) is 8.70. The number of nitrogens with zero attached hydrogens (tertiary/aromatic N) is 1. The minimum Gasteiger partial charge on any atom is -0.492 e. The summed E-state index contributed by atoms with van der Waals surface area (Å²) >= 11 is 0. The molecule has 0 saturated heterocycles. The van der Waals surface area contributed by atoms with Crippen molar-refractivity contribution in [1.29, 1.82) is 0 Å². The van der Waals surface area contributed by atoms with Gasteiger partial charge in [0.05, 0.1) is 4.92 Å². The van der Waals surface area contributed by atoms with Gasteiger partial charge in [-0.3, -0.25) is 10.1 Å². The summed E-state index contributed by atoms with van der Waals surface area (Å²) in [6.45, 7) is 0.947. The SMILES string of the molecule is NCCOc1ccc(C=C2c3ccccc3-c3ccc([N+](=O)[O-])cc32)cc1. The van der Waals surface area contributed by atoms with Crippen LogP contribution in [0.1, 0.15) is 16.7 Å². The third-order valence-corrected chi connectivity index (χ3v) is 4.59. The third-order valence-electron chi connectivity index (χ3n) is 4.59. The molecule has 0 fully saturated rings. The number of nitro benzene ring substituents is 1. The highest BCUT2D eigenvalue weighted by Gasteiger charge is 2.25. The molecule has 0 heterocycles. The second kappa shape index (κ2) is 7.05. The molecule has 5 heteroatoms. The molecule has 0 aliphatic heterocycles. The van der Waals surface area contributed by atoms with Gasteiger partial charge in [-0.05, 0) is 57.7 Å². The van der Waals surface area contributed by atoms with Crippen LogP contribution in [-0.4, -0.2) is 18.1 Å². The van der Waals surface area contributed by atoms with E-state index < -0.39 is 0 Å². The van der Waals surface area contributed by atoms with Crippen LogP contribution in [0.2, 0.25) is 0 Å². The largest absolute Gasteiger partial charge is 0.492 e. The van der Waals surface area contributed by atoms with Gasteiger partial charge < -0.3 is 10.5 Å². The Bertz CT molecular complexity index is 1040. The summed E-state index contributed by atoms with van der Waals surface area (Å²) in [6.07, 6.45) is 2.06. The summed E-state index contributed by atoms with van der Waals surface area (Å²) in [5.74, 6) is 0.769. The lowest BCUT2D eigenvalue weighted by Crippen LogP contribution is -2.10. The van der Waals surface area contributed by atoms with Gasteiger partial charge in [0, 0.05) is 18.7 Å². The van der Waals surface area contributed by atoms with Crippen LogP contribution in [0.4, 0.5) is 5.69 Å². The van der Waals surface area contributed by atoms with Gasteiger partial charge in [0.15, 0.2) is 0 Å². The van der Waals surface area contributed by atoms with E-state index in [1.54, 1.807) is 12.1 Å². The second-order valence-electron chi connectivity index (χ2n) is 6.30. The molecule has 2 N–H and O–H groups in total. The molecule has 0 saturated carbocycles. The van der Waals surface area contributed by atoms with E-state index in [1.165, 1.54) is 0 Å². The molecular weight excluding hydrogens is 340 g/mol. The number of fused-ring (bicyclic) bond motifs is 3. The standard InChI is InChI=1S/C22H18N2O3/c23-11-12-27-17-8-5-15(6-9-17)13-21-19-4-2-1-3-18(19)20-10-7-16(24(25)26)14-22(20)21/h1-10,13-14H,11-12,23H2. The molecule has 134 valence electrons. The van der Waals surface area contributed by atoms with E-state index in [1.807, 2.05) is 54.6 Å². The van der Waals surface area contributed by atoms with Crippen molar-refractivity contribution in [3.63, 3.8) is 0 Å². The number of benzene rings is 3. The molecule has 27 heavy (non-hydrogen) atoms. The van der Waals surface area contributed by atoms with Crippen molar-refractivity contribution in [3.8, 4) is 16.9 Å². The van der Waals surface area contributed by atoms with E-state index >= 15 is 0 Å². The van der Waals surface area contributed by atoms with Crippen LogP contribution in [0.25, 0.3) is 22.8 Å². The zero-order valence-electron chi connectivity index (χ0n) is 14.6. The number of ether oxygens (including phenoxy) is 1. The number of nitrogens with two attached hydrogens (primary N) is 1. The second-order valence-corrected chi connectivity index (χ2v) is 6.30. The molecule has 1 aliphatic rings. The van der Waals surface area contributed by atoms with Crippen LogP contribution >= 0.6 is 0 Å². The summed E-state index contributed by atoms with van der Waals surface area (Å²) < 4.78 is 5.51. The fourth-order valence-electron chi connectivity index (χ4n) is 3.36. The number of rotatable bonds is 5. The van der Waals surface area contributed by atoms with Crippen molar-refractivity contribution in [2.45, 2.75) is 0 Å². The van der Waals surface area contributed by atoms with Crippen molar-refractivity contribution in [2.75, 3.05) is 13.2 Å². The Labute approximate surface area is 156 Å². The van der Waals surface area contributed by atoms with Gasteiger partial charge in [-0.2, -0.15) is 0 Å². The summed E-state index contributed by atoms with van der Waals surface area (Å²) in [4.78, 5) is 10.9. The van der Waals surface area contributed by atoms with Crippen LogP contribution in [-0.2, 0) is 0 Å². The van der Waals surface area contributed by atoms with E-state index in [4.69, 9.17) is 10.5 Å². The van der Waals surface area contributed by atoms with Crippen molar-refractivity contribution in [3.05, 3.63) is 93.5 Å². The van der Waals surface area contributed by atoms with Gasteiger partial charge in [-0.25, -0.2) is 0 Å². The molecule has 0 aromatic heterocycles. The molecule has 3 aromatic carbocycles. The average Bonchev–Trinajstić information content (AvgIpc) is 3.01. The smallest absolute Gasteiger partial charge is 0.270 e. The van der Waals surface area contributed by atoms with E-state index in [-0.39, 0.29) is 10.6 Å². The predicted octanol–water partition coefficient (Wildman–Crippen LogP) is 4.50. The maximum Gasteiger partial charge on any atom is 0.270 e. The number of hydrogen-bond donors (Lipinski definition) is 1. The van der Waals surface area contributed by atoms with Crippen LogP contribution in [0.3, 0.4) is 0 Å². The maximum atomic E-state index is 11.2. The topological polar surface area (TPSA) is 78.4 Å². The highest BCUT2D eigenvalue weighted by molar-refractivity contribution is 6.06. The zero-order chi connectivity index (χ0) is 18.8. The van der Waals surface area contributed by atoms with Crippen molar-refractivity contribution >= 4 is 17.3 Å². The minimum atomic E-state index is -0.357. The Hall–Kier alpha value is -3.44. The third kappa shape index (κ3) is 3.20. The van der Waals surface area contributed by atoms with E-state index in [9.17, 15) is 10.1 Å². The summed E-state index contributed by atoms with van der Waals surface area (Å²) in [5, 5.41) is 11.2. The van der Waals surface area contributed by atoms with Crippen LogP contribution < -0.4 is 10.5 Å². The van der Waals surface area contributed by atoms with Gasteiger partial charge >= 0.3 is 0 Å². The first kappa shape index (κ1) is 17.0. The van der Waals surface area contributed by atoms with Gasteiger partial charge in [0.1, 0.15) is 12.4 Å². The van der Waals surface area contributed by atoms with Crippen molar-refractivity contribution in [2.24, 2.45) is 5.73 Å². The highest BCUT2D eigenvalue weighted by Crippen LogP contribution is 2.46. The zero-order valence-corrected chi connectivity index (χ0v) is 14.6. The Morgan fingerprint density at radius 2 is 1.63 bits per heavy atom. The minimum absolute atomic E-state index is 0.0954. The number of hydrogen-bond acceptors (Lipinski definition) is 4. The van der Waals surface area contributed by atoms with Gasteiger partial charge in [0.2, 0.25) is 0 Å². The molecule has 3 aromatic rings. The Kier molecular flexibility index (Phi) is 4.44. The van der Waals surface area contributed by atoms with Crippen LogP contribution in [0, 0.1) is 10.1 Å². The lowest BCUT2D eigenvalue weighted by atomic mass is 10.0. The lowest BCUT2D eigenvalue weighted by molar-refractivity contribution is -0.384. The predicted molar refractivity (Wildman–Crippen MR) is 106 cm³/mol. The molecule has 0 bridgehead atoms. The fraction of sp³-hybridized carbons (Fsp3) is 0.0909. The van der Waals surface area contributed by atoms with Gasteiger partial charge in [-0.1, -0.05) is 36.4 Å². The monoisotopic (exact) mass is 358 g/mol. The number of non-ortho nitro benzene ring substituents is 1. The van der Waals surface area contributed by atoms with Crippen LogP contribution in [0.15, 0.2) is 66.7 Å². The summed E-state index contributed by atoms with van der Waals surface area (Å²) in [6, 6.07) is 20.8. The fourth-order valence-corrected chi connectivity index (χ4v) is 3.36. The van der Waals surface area contributed by atoms with E-state index in [2.05, 4.69) is 6.08 Å². The first-order valence-electron chi connectivity index (χ1n) is 8.70. The van der Waals surface area contributed by atoms with Gasteiger partial charge in [-0.15, -0.1) is 0 Å². The lowest BCUT2D eigenvalue weighted by Gasteiger charge is -2.06. The normalized spacial score (nSPS) is 13.3. The Balaban J connectivity index is 1.79. The van der Waals surface area contributed by atoms with Crippen LogP contribution in [0.5, 0.6) is 5.75 Å². The Morgan fingerprint density at radius 1 is 0.926 bits per heavy atom. The molecule has 0 amide bonds. The van der Waals surface area contributed by atoms with Gasteiger partial charge in [0.25, 0.3) is 5.69 Å².